The predicted molar refractivity (Wildman–Crippen MR) is 118 cm³/mol. The number of amides is 1. The zero-order valence-electron chi connectivity index (χ0n) is 18.2. The van der Waals surface area contributed by atoms with E-state index < -0.39 is 0 Å². The summed E-state index contributed by atoms with van der Waals surface area (Å²) in [5.41, 5.74) is 3.21. The van der Waals surface area contributed by atoms with Gasteiger partial charge < -0.3 is 14.1 Å². The monoisotopic (exact) mass is 407 g/mol. The summed E-state index contributed by atoms with van der Waals surface area (Å²) in [6.45, 7) is 4.14. The topological polar surface area (TPSA) is 59.8 Å². The summed E-state index contributed by atoms with van der Waals surface area (Å²) in [4.78, 5) is 26.4. The molecule has 3 rings (SSSR count). The molecule has 0 aliphatic carbocycles. The molecule has 0 aliphatic heterocycles. The van der Waals surface area contributed by atoms with Gasteiger partial charge in [0.15, 0.2) is 5.78 Å². The maximum absolute atomic E-state index is 13.0. The standard InChI is InChI=1S/C25H29NO4/c1-5-6-10-24-21(20-9-7-8-11-23(20)30-24)16-26(3)25(28)15-19-14-18(17(2)27)12-13-22(19)29-4/h7-9,11-14H,5-6,10,15-16H2,1-4H3. The lowest BCUT2D eigenvalue weighted by Gasteiger charge is -2.19. The minimum absolute atomic E-state index is 0.0369. The zero-order chi connectivity index (χ0) is 21.7. The summed E-state index contributed by atoms with van der Waals surface area (Å²) in [6, 6.07) is 13.2. The number of aryl methyl sites for hydroxylation is 1. The van der Waals surface area contributed by atoms with E-state index in [-0.39, 0.29) is 18.1 Å². The van der Waals surface area contributed by atoms with Crippen LogP contribution < -0.4 is 4.74 Å². The quantitative estimate of drug-likeness (QED) is 0.458. The molecular formula is C25H29NO4. The molecule has 0 N–H and O–H groups in total. The van der Waals surface area contributed by atoms with Crippen molar-refractivity contribution in [2.75, 3.05) is 14.2 Å². The number of methoxy groups -OCH3 is 1. The third-order valence-corrected chi connectivity index (χ3v) is 5.39. The van der Waals surface area contributed by atoms with E-state index in [0.717, 1.165) is 41.6 Å². The van der Waals surface area contributed by atoms with Gasteiger partial charge in [0.25, 0.3) is 0 Å². The summed E-state index contributed by atoms with van der Waals surface area (Å²) < 4.78 is 11.5. The number of carbonyl (C=O) groups is 2. The van der Waals surface area contributed by atoms with Crippen LogP contribution in [0.2, 0.25) is 0 Å². The molecule has 0 spiro atoms. The fourth-order valence-corrected chi connectivity index (χ4v) is 3.62. The molecule has 0 aliphatic rings. The van der Waals surface area contributed by atoms with Gasteiger partial charge >= 0.3 is 0 Å². The maximum atomic E-state index is 13.0. The van der Waals surface area contributed by atoms with Gasteiger partial charge in [-0.05, 0) is 37.6 Å². The van der Waals surface area contributed by atoms with Crippen molar-refractivity contribution >= 4 is 22.7 Å². The summed E-state index contributed by atoms with van der Waals surface area (Å²) in [6.07, 6.45) is 3.15. The number of hydrogen-bond donors (Lipinski definition) is 0. The van der Waals surface area contributed by atoms with E-state index in [0.29, 0.717) is 23.4 Å². The SMILES string of the molecule is CCCCc1oc2ccccc2c1CN(C)C(=O)Cc1cc(C(C)=O)ccc1OC. The van der Waals surface area contributed by atoms with Gasteiger partial charge in [-0.15, -0.1) is 0 Å². The van der Waals surface area contributed by atoms with Crippen molar-refractivity contribution in [3.63, 3.8) is 0 Å². The lowest BCUT2D eigenvalue weighted by atomic mass is 10.0. The first-order chi connectivity index (χ1) is 14.4. The molecule has 1 heterocycles. The Labute approximate surface area is 177 Å². The Kier molecular flexibility index (Phi) is 6.93. The highest BCUT2D eigenvalue weighted by molar-refractivity contribution is 5.94. The largest absolute Gasteiger partial charge is 0.496 e. The number of fused-ring (bicyclic) bond motifs is 1. The number of para-hydroxylation sites is 1. The molecule has 5 heteroatoms. The van der Waals surface area contributed by atoms with Crippen molar-refractivity contribution in [2.45, 2.75) is 46.1 Å². The second-order valence-corrected chi connectivity index (χ2v) is 7.61. The Morgan fingerprint density at radius 1 is 1.13 bits per heavy atom. The van der Waals surface area contributed by atoms with Crippen LogP contribution in [0.15, 0.2) is 46.9 Å². The number of furan rings is 1. The first-order valence-electron chi connectivity index (χ1n) is 10.4. The van der Waals surface area contributed by atoms with Gasteiger partial charge in [0, 0.05) is 42.1 Å². The molecule has 30 heavy (non-hydrogen) atoms. The minimum Gasteiger partial charge on any atom is -0.496 e. The number of carbonyl (C=O) groups excluding carboxylic acids is 2. The van der Waals surface area contributed by atoms with E-state index in [1.807, 2.05) is 24.3 Å². The molecule has 1 aromatic heterocycles. The number of rotatable bonds is 9. The summed E-state index contributed by atoms with van der Waals surface area (Å²) in [5.74, 6) is 1.49. The molecule has 0 atom stereocenters. The lowest BCUT2D eigenvalue weighted by molar-refractivity contribution is -0.129. The van der Waals surface area contributed by atoms with Crippen LogP contribution in [0.1, 0.15) is 53.9 Å². The van der Waals surface area contributed by atoms with Crippen molar-refractivity contribution < 1.29 is 18.7 Å². The molecule has 0 bridgehead atoms. The van der Waals surface area contributed by atoms with Crippen LogP contribution in [0.5, 0.6) is 5.75 Å². The second-order valence-electron chi connectivity index (χ2n) is 7.61. The fraction of sp³-hybridized carbons (Fsp3) is 0.360. The normalized spacial score (nSPS) is 10.9. The molecule has 1 amide bonds. The van der Waals surface area contributed by atoms with Crippen molar-refractivity contribution in [1.82, 2.24) is 4.90 Å². The highest BCUT2D eigenvalue weighted by atomic mass is 16.5. The first kappa shape index (κ1) is 21.6. The Balaban J connectivity index is 1.83. The number of Topliss-reactive ketones (excluding diaryl/α,β-unsaturated/α-hetero) is 1. The van der Waals surface area contributed by atoms with Crippen LogP contribution >= 0.6 is 0 Å². The molecule has 158 valence electrons. The third kappa shape index (κ3) is 4.73. The van der Waals surface area contributed by atoms with Gasteiger partial charge in [-0.1, -0.05) is 31.5 Å². The van der Waals surface area contributed by atoms with Gasteiger partial charge in [0.1, 0.15) is 17.1 Å². The Bertz CT molecular complexity index is 1050. The molecule has 3 aromatic rings. The zero-order valence-corrected chi connectivity index (χ0v) is 18.2. The third-order valence-electron chi connectivity index (χ3n) is 5.39. The Hall–Kier alpha value is -3.08. The van der Waals surface area contributed by atoms with Crippen LogP contribution in [0.25, 0.3) is 11.0 Å². The first-order valence-corrected chi connectivity index (χ1v) is 10.4. The molecule has 0 fully saturated rings. The molecule has 5 nitrogen and oxygen atoms in total. The van der Waals surface area contributed by atoms with Crippen molar-refractivity contribution in [3.8, 4) is 5.75 Å². The Morgan fingerprint density at radius 2 is 1.90 bits per heavy atom. The molecule has 0 unspecified atom stereocenters. The predicted octanol–water partition coefficient (Wildman–Crippen LogP) is 5.19. The number of benzene rings is 2. The van der Waals surface area contributed by atoms with Crippen molar-refractivity contribution in [2.24, 2.45) is 0 Å². The fourth-order valence-electron chi connectivity index (χ4n) is 3.62. The maximum Gasteiger partial charge on any atom is 0.227 e. The van der Waals surface area contributed by atoms with Crippen LogP contribution in [-0.4, -0.2) is 30.7 Å². The highest BCUT2D eigenvalue weighted by Crippen LogP contribution is 2.29. The molecule has 0 saturated carbocycles. The van der Waals surface area contributed by atoms with E-state index in [9.17, 15) is 9.59 Å². The van der Waals surface area contributed by atoms with Gasteiger partial charge in [0.2, 0.25) is 5.91 Å². The number of ketones is 1. The number of likely N-dealkylation sites (N-methyl/N-ethyl adjacent to an activating group) is 1. The Morgan fingerprint density at radius 3 is 2.60 bits per heavy atom. The van der Waals surface area contributed by atoms with E-state index in [1.54, 1.807) is 37.3 Å². The van der Waals surface area contributed by atoms with Crippen LogP contribution in [0, 0.1) is 0 Å². The van der Waals surface area contributed by atoms with Gasteiger partial charge in [0.05, 0.1) is 13.5 Å². The van der Waals surface area contributed by atoms with Crippen molar-refractivity contribution in [3.05, 3.63) is 64.9 Å². The summed E-state index contributed by atoms with van der Waals surface area (Å²) >= 11 is 0. The smallest absolute Gasteiger partial charge is 0.227 e. The van der Waals surface area contributed by atoms with Crippen molar-refractivity contribution in [1.29, 1.82) is 0 Å². The van der Waals surface area contributed by atoms with E-state index in [4.69, 9.17) is 9.15 Å². The average molecular weight is 408 g/mol. The van der Waals surface area contributed by atoms with Crippen LogP contribution in [-0.2, 0) is 24.2 Å². The average Bonchev–Trinajstić information content (AvgIpc) is 3.09. The molecule has 2 aromatic carbocycles. The highest BCUT2D eigenvalue weighted by Gasteiger charge is 2.19. The van der Waals surface area contributed by atoms with E-state index in [1.165, 1.54) is 6.92 Å². The number of hydrogen-bond acceptors (Lipinski definition) is 4. The summed E-state index contributed by atoms with van der Waals surface area (Å²) in [5, 5.41) is 1.06. The van der Waals surface area contributed by atoms with E-state index in [2.05, 4.69) is 6.92 Å². The van der Waals surface area contributed by atoms with Gasteiger partial charge in [-0.25, -0.2) is 0 Å². The van der Waals surface area contributed by atoms with Crippen LogP contribution in [0.4, 0.5) is 0 Å². The lowest BCUT2D eigenvalue weighted by Crippen LogP contribution is -2.28. The molecule has 0 radical (unpaired) electrons. The number of unbranched alkanes of at least 4 members (excludes halogenated alkanes) is 1. The number of nitrogens with zero attached hydrogens (tertiary/aromatic N) is 1. The van der Waals surface area contributed by atoms with E-state index >= 15 is 0 Å². The molecular weight excluding hydrogens is 378 g/mol. The minimum atomic E-state index is -0.0410. The van der Waals surface area contributed by atoms with Crippen LogP contribution in [0.3, 0.4) is 0 Å². The molecule has 0 saturated heterocycles. The van der Waals surface area contributed by atoms with Gasteiger partial charge in [-0.2, -0.15) is 0 Å². The summed E-state index contributed by atoms with van der Waals surface area (Å²) in [7, 11) is 3.37. The van der Waals surface area contributed by atoms with Gasteiger partial charge in [-0.3, -0.25) is 9.59 Å². The second kappa shape index (κ2) is 9.61. The number of ether oxygens (including phenoxy) is 1.